The molecule has 6 heteroatoms. The van der Waals surface area contributed by atoms with Crippen LogP contribution in [-0.2, 0) is 19.5 Å². The minimum Gasteiger partial charge on any atom is -0.399 e. The first-order valence-electron chi connectivity index (χ1n) is 10.5. The number of nitrogens with zero attached hydrogens (tertiary/aromatic N) is 2. The van der Waals surface area contributed by atoms with Gasteiger partial charge in [0.2, 0.25) is 5.91 Å². The normalized spacial score (nSPS) is 25.8. The topological polar surface area (TPSA) is 42.0 Å². The van der Waals surface area contributed by atoms with Crippen molar-refractivity contribution >= 4 is 24.2 Å². The number of hydrogen-bond acceptors (Lipinski definition) is 4. The maximum absolute atomic E-state index is 13.3. The fraction of sp³-hybridized carbons (Fsp3) is 0.682. The summed E-state index contributed by atoms with van der Waals surface area (Å²) in [5.41, 5.74) is 2.05. The number of likely N-dealkylation sites (N-methyl/N-ethyl adjacent to an activating group) is 1. The summed E-state index contributed by atoms with van der Waals surface area (Å²) < 4.78 is 12.4. The lowest BCUT2D eigenvalue weighted by Gasteiger charge is -2.40. The molecular weight excluding hydrogens is 351 g/mol. The molecule has 1 aromatic rings. The molecule has 0 atom stereocenters. The molecule has 0 radical (unpaired) electrons. The predicted octanol–water partition coefficient (Wildman–Crippen LogP) is 2.70. The van der Waals surface area contributed by atoms with E-state index in [1.165, 1.54) is 5.56 Å². The Morgan fingerprint density at radius 2 is 1.61 bits per heavy atom. The zero-order valence-electron chi connectivity index (χ0n) is 18.3. The van der Waals surface area contributed by atoms with Crippen molar-refractivity contribution in [3.8, 4) is 0 Å². The minimum atomic E-state index is -0.404. The van der Waals surface area contributed by atoms with E-state index in [-0.39, 0.29) is 22.5 Å². The molecule has 3 aliphatic heterocycles. The van der Waals surface area contributed by atoms with E-state index in [0.717, 1.165) is 37.1 Å². The zero-order valence-corrected chi connectivity index (χ0v) is 18.3. The molecule has 0 N–H and O–H groups in total. The van der Waals surface area contributed by atoms with Gasteiger partial charge in [0.1, 0.15) is 0 Å². The molecular formula is C22H33BN2O3. The standard InChI is InChI=1S/C22H33BN2O3/c1-15(2)25-12-10-22(11-13-25)17-9-8-16(14-18(17)24(7)19(22)26)23-27-20(3,4)21(5,6)28-23/h8-9,14-15H,10-13H2,1-7H3. The predicted molar refractivity (Wildman–Crippen MR) is 113 cm³/mol. The number of amides is 1. The number of fused-ring (bicyclic) bond motifs is 2. The smallest absolute Gasteiger partial charge is 0.399 e. The Labute approximate surface area is 169 Å². The summed E-state index contributed by atoms with van der Waals surface area (Å²) in [7, 11) is 1.50. The Hall–Kier alpha value is -1.37. The van der Waals surface area contributed by atoms with Crippen LogP contribution >= 0.6 is 0 Å². The van der Waals surface area contributed by atoms with Crippen LogP contribution < -0.4 is 10.4 Å². The molecule has 0 saturated carbocycles. The van der Waals surface area contributed by atoms with E-state index in [2.05, 4.69) is 64.6 Å². The molecule has 3 aliphatic rings. The van der Waals surface area contributed by atoms with E-state index in [1.54, 1.807) is 0 Å². The highest BCUT2D eigenvalue weighted by molar-refractivity contribution is 6.62. The average Bonchev–Trinajstić information content (AvgIpc) is 2.97. The summed E-state index contributed by atoms with van der Waals surface area (Å²) in [6.45, 7) is 14.6. The van der Waals surface area contributed by atoms with Crippen molar-refractivity contribution in [2.45, 2.75) is 77.0 Å². The Morgan fingerprint density at radius 1 is 1.04 bits per heavy atom. The molecule has 2 saturated heterocycles. The highest BCUT2D eigenvalue weighted by Crippen LogP contribution is 2.47. The molecule has 4 rings (SSSR count). The van der Waals surface area contributed by atoms with Gasteiger partial charge in [0.25, 0.3) is 0 Å². The summed E-state index contributed by atoms with van der Waals surface area (Å²) in [5.74, 6) is 0.233. The number of carbonyl (C=O) groups excluding carboxylic acids is 1. The van der Waals surface area contributed by atoms with E-state index >= 15 is 0 Å². The molecule has 2 fully saturated rings. The lowest BCUT2D eigenvalue weighted by molar-refractivity contribution is -0.124. The van der Waals surface area contributed by atoms with Gasteiger partial charge >= 0.3 is 7.12 Å². The van der Waals surface area contributed by atoms with Crippen molar-refractivity contribution in [2.75, 3.05) is 25.0 Å². The molecule has 5 nitrogen and oxygen atoms in total. The summed E-state index contributed by atoms with van der Waals surface area (Å²) >= 11 is 0. The number of carbonyl (C=O) groups is 1. The van der Waals surface area contributed by atoms with Crippen molar-refractivity contribution in [1.29, 1.82) is 0 Å². The van der Waals surface area contributed by atoms with Gasteiger partial charge in [-0.1, -0.05) is 12.1 Å². The Bertz CT molecular complexity index is 781. The molecule has 152 valence electrons. The number of hydrogen-bond donors (Lipinski definition) is 0. The lowest BCUT2D eigenvalue weighted by Crippen LogP contribution is -2.49. The second kappa shape index (κ2) is 6.31. The van der Waals surface area contributed by atoms with Gasteiger partial charge in [0.05, 0.1) is 16.6 Å². The molecule has 0 unspecified atom stereocenters. The second-order valence-electron chi connectivity index (χ2n) is 9.94. The number of likely N-dealkylation sites (tertiary alicyclic amines) is 1. The highest BCUT2D eigenvalue weighted by Gasteiger charge is 2.54. The maximum Gasteiger partial charge on any atom is 0.494 e. The Morgan fingerprint density at radius 3 is 2.14 bits per heavy atom. The van der Waals surface area contributed by atoms with Crippen LogP contribution in [0.2, 0.25) is 0 Å². The highest BCUT2D eigenvalue weighted by atomic mass is 16.7. The summed E-state index contributed by atoms with van der Waals surface area (Å²) in [4.78, 5) is 17.6. The third kappa shape index (κ3) is 2.76. The number of benzene rings is 1. The van der Waals surface area contributed by atoms with Crippen LogP contribution in [0.4, 0.5) is 5.69 Å². The first-order valence-corrected chi connectivity index (χ1v) is 10.5. The first kappa shape index (κ1) is 19.9. The van der Waals surface area contributed by atoms with Crippen molar-refractivity contribution in [3.05, 3.63) is 23.8 Å². The van der Waals surface area contributed by atoms with Gasteiger partial charge in [-0.25, -0.2) is 0 Å². The fourth-order valence-electron chi connectivity index (χ4n) is 4.81. The van der Waals surface area contributed by atoms with E-state index in [0.29, 0.717) is 6.04 Å². The summed E-state index contributed by atoms with van der Waals surface area (Å²) in [5, 5.41) is 0. The fourth-order valence-corrected chi connectivity index (χ4v) is 4.81. The van der Waals surface area contributed by atoms with Crippen molar-refractivity contribution in [1.82, 2.24) is 4.90 Å². The van der Waals surface area contributed by atoms with Gasteiger partial charge in [0.15, 0.2) is 0 Å². The Kier molecular flexibility index (Phi) is 4.49. The SMILES string of the molecule is CC(C)N1CCC2(CC1)C(=O)N(C)c1cc(B3OC(C)(C)C(C)(C)O3)ccc12. The summed E-state index contributed by atoms with van der Waals surface area (Å²) in [6.07, 6.45) is 1.77. The lowest BCUT2D eigenvalue weighted by atomic mass is 9.71. The minimum absolute atomic E-state index is 0.233. The van der Waals surface area contributed by atoms with Gasteiger partial charge in [0, 0.05) is 18.8 Å². The average molecular weight is 384 g/mol. The van der Waals surface area contributed by atoms with E-state index < -0.39 is 7.12 Å². The third-order valence-electron chi connectivity index (χ3n) is 7.52. The zero-order chi connectivity index (χ0) is 20.5. The molecule has 28 heavy (non-hydrogen) atoms. The molecule has 1 aromatic carbocycles. The molecule has 1 spiro atoms. The van der Waals surface area contributed by atoms with Crippen molar-refractivity contribution in [2.24, 2.45) is 0 Å². The van der Waals surface area contributed by atoms with Crippen LogP contribution in [0.25, 0.3) is 0 Å². The van der Waals surface area contributed by atoms with Crippen LogP contribution in [0, 0.1) is 0 Å². The number of anilines is 1. The number of rotatable bonds is 2. The van der Waals surface area contributed by atoms with Crippen molar-refractivity contribution < 1.29 is 14.1 Å². The summed E-state index contributed by atoms with van der Waals surface area (Å²) in [6, 6.07) is 6.85. The Balaban J connectivity index is 1.65. The molecule has 0 aliphatic carbocycles. The maximum atomic E-state index is 13.3. The van der Waals surface area contributed by atoms with Crippen LogP contribution in [-0.4, -0.2) is 55.3 Å². The van der Waals surface area contributed by atoms with E-state index in [1.807, 2.05) is 11.9 Å². The number of piperidine rings is 1. The van der Waals surface area contributed by atoms with Gasteiger partial charge in [-0.05, 0) is 84.6 Å². The monoisotopic (exact) mass is 384 g/mol. The van der Waals surface area contributed by atoms with Gasteiger partial charge in [-0.2, -0.15) is 0 Å². The van der Waals surface area contributed by atoms with E-state index in [9.17, 15) is 4.79 Å². The van der Waals surface area contributed by atoms with Crippen LogP contribution in [0.15, 0.2) is 18.2 Å². The molecule has 0 bridgehead atoms. The van der Waals surface area contributed by atoms with Crippen LogP contribution in [0.5, 0.6) is 0 Å². The quantitative estimate of drug-likeness (QED) is 0.736. The molecule has 1 amide bonds. The van der Waals surface area contributed by atoms with Gasteiger partial charge < -0.3 is 19.1 Å². The van der Waals surface area contributed by atoms with Gasteiger partial charge in [-0.3, -0.25) is 4.79 Å². The first-order chi connectivity index (χ1) is 13.0. The largest absolute Gasteiger partial charge is 0.494 e. The second-order valence-corrected chi connectivity index (χ2v) is 9.94. The molecule has 3 heterocycles. The molecule has 0 aromatic heterocycles. The van der Waals surface area contributed by atoms with Crippen LogP contribution in [0.1, 0.15) is 59.9 Å². The van der Waals surface area contributed by atoms with Crippen LogP contribution in [0.3, 0.4) is 0 Å². The van der Waals surface area contributed by atoms with Crippen molar-refractivity contribution in [3.63, 3.8) is 0 Å². The van der Waals surface area contributed by atoms with Gasteiger partial charge in [-0.15, -0.1) is 0 Å². The van der Waals surface area contributed by atoms with E-state index in [4.69, 9.17) is 9.31 Å². The third-order valence-corrected chi connectivity index (χ3v) is 7.52.